The molecule has 0 aliphatic heterocycles. The molecule has 0 aliphatic rings. The van der Waals surface area contributed by atoms with Crippen molar-refractivity contribution >= 4 is 23.5 Å². The van der Waals surface area contributed by atoms with Gasteiger partial charge in [0.25, 0.3) is 0 Å². The van der Waals surface area contributed by atoms with Crippen LogP contribution in [0.3, 0.4) is 0 Å². The fraction of sp³-hybridized carbons (Fsp3) is 0. The summed E-state index contributed by atoms with van der Waals surface area (Å²) in [6.45, 7) is 0. The van der Waals surface area contributed by atoms with Crippen LogP contribution in [0.4, 0.5) is 0 Å². The number of hydrogen-bond donors (Lipinski definition) is 0. The van der Waals surface area contributed by atoms with Gasteiger partial charge in [-0.2, -0.15) is 23.5 Å². The molecule has 25 heavy (non-hydrogen) atoms. The van der Waals surface area contributed by atoms with Crippen LogP contribution in [-0.2, 0) is 63.2 Å². The summed E-state index contributed by atoms with van der Waals surface area (Å²) < 4.78 is 25.6. The molecule has 25 heteroatoms. The first-order valence-electron chi connectivity index (χ1n) is 2.19. The van der Waals surface area contributed by atoms with E-state index in [1.54, 1.807) is 0 Å². The number of rotatable bonds is 0. The Kier molecular flexibility index (Phi) is 152. The Labute approximate surface area is 169 Å². The second-order valence-electron chi connectivity index (χ2n) is 1.34. The maximum Gasteiger partial charge on any atom is 3.00 e. The van der Waals surface area contributed by atoms with Crippen molar-refractivity contribution in [3.63, 3.8) is 0 Å². The smallest absolute Gasteiger partial charge is 0.822 e. The molecule has 0 atom stereocenters. The second-order valence-corrected chi connectivity index (χ2v) is 4.02. The van der Waals surface area contributed by atoms with Gasteiger partial charge in [0.05, 0.1) is 0 Å². The molecule has 0 saturated carbocycles. The van der Waals surface area contributed by atoms with Gasteiger partial charge in [0.15, 0.2) is 0 Å². The summed E-state index contributed by atoms with van der Waals surface area (Å²) in [5, 5.41) is 0. The maximum absolute atomic E-state index is 8.55. The van der Waals surface area contributed by atoms with E-state index < -0.39 is 23.5 Å². The van der Waals surface area contributed by atoms with Crippen molar-refractivity contribution in [2.24, 2.45) is 0 Å². The van der Waals surface area contributed by atoms with Crippen molar-refractivity contribution in [2.75, 3.05) is 0 Å². The zero-order valence-corrected chi connectivity index (χ0v) is 16.3. The zero-order valence-electron chi connectivity index (χ0n) is 10.7. The predicted octanol–water partition coefficient (Wildman–Crippen LogP) is -14.3. The second kappa shape index (κ2) is 40.3. The van der Waals surface area contributed by atoms with Gasteiger partial charge in [-0.15, -0.1) is 0 Å². The normalized spacial score (nSPS) is 7.08. The molecule has 19 nitrogen and oxygen atoms in total. The summed E-state index contributed by atoms with van der Waals surface area (Å²) in [7, 11) is -16.2. The number of phosphoric acid groups is 3. The molecule has 0 unspecified atom stereocenters. The molecule has 0 spiro atoms. The van der Waals surface area contributed by atoms with Crippen LogP contribution in [-0.4, -0.2) is 38.3 Å². The van der Waals surface area contributed by atoms with Crippen LogP contribution in [0, 0.1) is 0 Å². The van der Waals surface area contributed by atoms with Crippen LogP contribution in [0.15, 0.2) is 0 Å². The quantitative estimate of drug-likeness (QED) is 0.188. The Balaban J connectivity index is -0.00000000655. The van der Waals surface area contributed by atoms with E-state index in [9.17, 15) is 0 Å². The van der Waals surface area contributed by atoms with Crippen LogP contribution >= 0.6 is 23.5 Å². The zero-order chi connectivity index (χ0) is 13.5. The SMILES string of the molecule is O.O.O.O.O.O.O.O=P([O-])([O-])[O-].O=P([O-])([O-])[O-].O=P([O-])([O-])[O-].[Ni+3].[Ni+3].[Ni+3]. The van der Waals surface area contributed by atoms with Crippen molar-refractivity contribution in [3.05, 3.63) is 0 Å². The minimum atomic E-state index is -5.39. The standard InChI is InChI=1S/3Ni.3H3O4P.7H2O/c;;;3*1-5(2,3)4;;;;;;;/h;;;3*(H3,1,2,3,4);7*1H2/q3*+3;;;;;;;;;;/p-9. The van der Waals surface area contributed by atoms with Crippen molar-refractivity contribution in [2.45, 2.75) is 0 Å². The van der Waals surface area contributed by atoms with E-state index in [0.717, 1.165) is 0 Å². The molecule has 3 radical (unpaired) electrons. The molecule has 0 saturated heterocycles. The van der Waals surface area contributed by atoms with Crippen molar-refractivity contribution in [3.8, 4) is 0 Å². The van der Waals surface area contributed by atoms with E-state index in [1.807, 2.05) is 0 Å². The fourth-order valence-corrected chi connectivity index (χ4v) is 0. The van der Waals surface area contributed by atoms with Crippen molar-refractivity contribution in [1.82, 2.24) is 0 Å². The van der Waals surface area contributed by atoms with E-state index in [4.69, 9.17) is 57.7 Å². The minimum Gasteiger partial charge on any atom is -0.822 e. The summed E-state index contributed by atoms with van der Waals surface area (Å²) >= 11 is 0. The van der Waals surface area contributed by atoms with Gasteiger partial charge in [-0.1, -0.05) is 0 Å². The van der Waals surface area contributed by atoms with E-state index in [1.165, 1.54) is 0 Å². The van der Waals surface area contributed by atoms with Crippen LogP contribution in [0.2, 0.25) is 0 Å². The molecule has 0 aliphatic carbocycles. The summed E-state index contributed by atoms with van der Waals surface area (Å²) in [5.41, 5.74) is 0. The Morgan fingerprint density at radius 1 is 0.320 bits per heavy atom. The van der Waals surface area contributed by atoms with Gasteiger partial charge in [-0.05, 0) is 0 Å². The summed E-state index contributed by atoms with van der Waals surface area (Å²) in [6, 6.07) is 0. The Bertz CT molecular complexity index is 212. The van der Waals surface area contributed by atoms with Crippen LogP contribution in [0.1, 0.15) is 0 Å². The molecule has 0 fully saturated rings. The first-order chi connectivity index (χ1) is 6.00. The Morgan fingerprint density at radius 3 is 0.320 bits per heavy atom. The first-order valence-corrected chi connectivity index (χ1v) is 6.57. The molecule has 0 amide bonds. The third-order valence-corrected chi connectivity index (χ3v) is 0. The molecule has 0 rings (SSSR count). The molecule has 0 aromatic rings. The molecular formula is H14Ni3O19P3. The van der Waals surface area contributed by atoms with Crippen molar-refractivity contribution in [1.29, 1.82) is 0 Å². The third-order valence-electron chi connectivity index (χ3n) is 0. The minimum absolute atomic E-state index is 0. The van der Waals surface area contributed by atoms with Gasteiger partial charge >= 0.3 is 49.5 Å². The molecule has 14 N–H and O–H groups in total. The Hall–Kier alpha value is 1.53. The third kappa shape index (κ3) is 6030. The maximum atomic E-state index is 8.55. The summed E-state index contributed by atoms with van der Waals surface area (Å²) in [6.07, 6.45) is 0. The van der Waals surface area contributed by atoms with E-state index in [-0.39, 0.29) is 87.8 Å². The van der Waals surface area contributed by atoms with Gasteiger partial charge in [-0.3, -0.25) is 0 Å². The van der Waals surface area contributed by atoms with Gasteiger partial charge in [0.2, 0.25) is 0 Å². The molecule has 0 aromatic heterocycles. The van der Waals surface area contributed by atoms with Gasteiger partial charge in [0.1, 0.15) is 0 Å². The summed E-state index contributed by atoms with van der Waals surface area (Å²) in [5.74, 6) is 0. The average Bonchev–Trinajstić information content (AvgIpc) is 1.41. The Morgan fingerprint density at radius 2 is 0.320 bits per heavy atom. The van der Waals surface area contributed by atoms with E-state index in [2.05, 4.69) is 0 Å². The van der Waals surface area contributed by atoms with Gasteiger partial charge < -0.3 is 96.1 Å². The van der Waals surface area contributed by atoms with Gasteiger partial charge in [0, 0.05) is 0 Å². The molecule has 0 aromatic carbocycles. The van der Waals surface area contributed by atoms with Crippen LogP contribution in [0.25, 0.3) is 0 Å². The molecule has 0 bridgehead atoms. The summed E-state index contributed by atoms with van der Waals surface area (Å²) in [4.78, 5) is 76.9. The molecule has 173 valence electrons. The predicted molar refractivity (Wildman–Crippen MR) is 48.1 cm³/mol. The van der Waals surface area contributed by atoms with Crippen LogP contribution < -0.4 is 44.0 Å². The van der Waals surface area contributed by atoms with E-state index in [0.29, 0.717) is 0 Å². The van der Waals surface area contributed by atoms with Crippen molar-refractivity contribution < 1.29 is 146 Å². The fourth-order valence-electron chi connectivity index (χ4n) is 0. The monoisotopic (exact) mass is 585 g/mol. The van der Waals surface area contributed by atoms with E-state index >= 15 is 0 Å². The topological polar surface area (TPSA) is 479 Å². The molecule has 0 heterocycles. The van der Waals surface area contributed by atoms with Crippen LogP contribution in [0.5, 0.6) is 0 Å². The molecular weight excluding hydrogens is 573 g/mol. The average molecular weight is 587 g/mol. The largest absolute Gasteiger partial charge is 3.00 e. The number of hydrogen-bond acceptors (Lipinski definition) is 12. The van der Waals surface area contributed by atoms with Gasteiger partial charge in [-0.25, -0.2) is 0 Å². The first kappa shape index (κ1) is 94.5.